The molecule has 35 heavy (non-hydrogen) atoms. The third kappa shape index (κ3) is 6.84. The lowest BCUT2D eigenvalue weighted by atomic mass is 10.1. The molecule has 0 spiro atoms. The molecule has 0 radical (unpaired) electrons. The SMILES string of the molecule is CC(C)(C)[Si](C)(C)OCc1c(Cl)nc(OCc2ccccc2)c(C(=O)O)c1OCc1ccccc1. The predicted molar refractivity (Wildman–Crippen MR) is 140 cm³/mol. The molecule has 0 saturated carbocycles. The number of pyridine rings is 1. The van der Waals surface area contributed by atoms with Gasteiger partial charge in [-0.1, -0.05) is 93.0 Å². The van der Waals surface area contributed by atoms with Gasteiger partial charge in [0.2, 0.25) is 5.88 Å². The first-order valence-corrected chi connectivity index (χ1v) is 14.7. The number of ether oxygens (including phenoxy) is 2. The average Bonchev–Trinajstić information content (AvgIpc) is 2.81. The fourth-order valence-electron chi connectivity index (χ4n) is 3.06. The summed E-state index contributed by atoms with van der Waals surface area (Å²) in [6.07, 6.45) is 0. The molecule has 0 aliphatic rings. The van der Waals surface area contributed by atoms with Crippen LogP contribution in [0.3, 0.4) is 0 Å². The second-order valence-corrected chi connectivity index (χ2v) is 15.0. The summed E-state index contributed by atoms with van der Waals surface area (Å²) < 4.78 is 18.3. The van der Waals surface area contributed by atoms with Crippen molar-refractivity contribution in [1.82, 2.24) is 4.98 Å². The van der Waals surface area contributed by atoms with Gasteiger partial charge in [-0.15, -0.1) is 0 Å². The summed E-state index contributed by atoms with van der Waals surface area (Å²) in [5.74, 6) is -1.19. The van der Waals surface area contributed by atoms with Gasteiger partial charge in [-0.05, 0) is 29.3 Å². The summed E-state index contributed by atoms with van der Waals surface area (Å²) in [6.45, 7) is 11.0. The van der Waals surface area contributed by atoms with E-state index in [2.05, 4.69) is 38.8 Å². The van der Waals surface area contributed by atoms with Crippen LogP contribution in [0.5, 0.6) is 11.6 Å². The van der Waals surface area contributed by atoms with E-state index < -0.39 is 14.3 Å². The van der Waals surface area contributed by atoms with E-state index in [1.165, 1.54) is 0 Å². The molecule has 0 atom stereocenters. The standard InChI is InChI=1S/C27H32ClNO5Si/c1-27(2,3)35(4,5)34-18-21-23(32-16-19-12-8-6-9-13-19)22(26(30)31)25(29-24(21)28)33-17-20-14-10-7-11-15-20/h6-15H,16-18H2,1-5H3,(H,30,31). The second-order valence-electron chi connectivity index (χ2n) is 9.79. The maximum Gasteiger partial charge on any atom is 0.345 e. The van der Waals surface area contributed by atoms with E-state index in [1.54, 1.807) is 0 Å². The van der Waals surface area contributed by atoms with Crippen molar-refractivity contribution in [3.63, 3.8) is 0 Å². The minimum absolute atomic E-state index is 0.0354. The fraction of sp³-hybridized carbons (Fsp3) is 0.333. The Labute approximate surface area is 213 Å². The summed E-state index contributed by atoms with van der Waals surface area (Å²) in [4.78, 5) is 16.7. The molecule has 1 heterocycles. The minimum atomic E-state index is -2.16. The molecule has 0 bridgehead atoms. The van der Waals surface area contributed by atoms with Crippen LogP contribution >= 0.6 is 11.6 Å². The van der Waals surface area contributed by atoms with Crippen LogP contribution in [0.1, 0.15) is 47.8 Å². The third-order valence-electron chi connectivity index (χ3n) is 6.21. The molecule has 1 aromatic heterocycles. The van der Waals surface area contributed by atoms with Gasteiger partial charge in [0.15, 0.2) is 13.9 Å². The lowest BCUT2D eigenvalue weighted by Gasteiger charge is -2.36. The fourth-order valence-corrected chi connectivity index (χ4v) is 4.21. The van der Waals surface area contributed by atoms with E-state index in [9.17, 15) is 9.90 Å². The molecule has 3 aromatic rings. The number of rotatable bonds is 10. The molecule has 1 N–H and O–H groups in total. The Kier molecular flexibility index (Phi) is 8.59. The average molecular weight is 514 g/mol. The van der Waals surface area contributed by atoms with Gasteiger partial charge < -0.3 is 19.0 Å². The quantitative estimate of drug-likeness (QED) is 0.230. The van der Waals surface area contributed by atoms with Crippen LogP contribution < -0.4 is 9.47 Å². The summed E-state index contributed by atoms with van der Waals surface area (Å²) in [5, 5.41) is 10.2. The van der Waals surface area contributed by atoms with E-state index >= 15 is 0 Å². The first-order chi connectivity index (χ1) is 16.5. The highest BCUT2D eigenvalue weighted by molar-refractivity contribution is 6.74. The number of aromatic carboxylic acids is 1. The molecular weight excluding hydrogens is 482 g/mol. The normalized spacial score (nSPS) is 11.8. The summed E-state index contributed by atoms with van der Waals surface area (Å²) in [7, 11) is -2.16. The Balaban J connectivity index is 2.01. The lowest BCUT2D eigenvalue weighted by Crippen LogP contribution is -2.40. The first kappa shape index (κ1) is 26.7. The zero-order valence-corrected chi connectivity index (χ0v) is 22.6. The highest BCUT2D eigenvalue weighted by Gasteiger charge is 2.38. The van der Waals surface area contributed by atoms with Crippen molar-refractivity contribution in [2.45, 2.75) is 58.7 Å². The smallest absolute Gasteiger partial charge is 0.345 e. The third-order valence-corrected chi connectivity index (χ3v) is 11.0. The molecule has 0 unspecified atom stereocenters. The van der Waals surface area contributed by atoms with Gasteiger partial charge in [-0.25, -0.2) is 9.78 Å². The van der Waals surface area contributed by atoms with Gasteiger partial charge in [-0.2, -0.15) is 0 Å². The number of aromatic nitrogens is 1. The van der Waals surface area contributed by atoms with E-state index in [0.717, 1.165) is 11.1 Å². The van der Waals surface area contributed by atoms with E-state index in [-0.39, 0.29) is 47.2 Å². The Morgan fingerprint density at radius 2 is 1.43 bits per heavy atom. The molecule has 0 aliphatic heterocycles. The van der Waals surface area contributed by atoms with Gasteiger partial charge in [0.1, 0.15) is 24.1 Å². The Morgan fingerprint density at radius 1 is 0.914 bits per heavy atom. The number of carboxylic acid groups (broad SMARTS) is 1. The summed E-state index contributed by atoms with van der Waals surface area (Å²) in [5.41, 5.74) is 1.99. The van der Waals surface area contributed by atoms with E-state index in [4.69, 9.17) is 25.5 Å². The number of halogens is 1. The van der Waals surface area contributed by atoms with Crippen molar-refractivity contribution in [2.24, 2.45) is 0 Å². The van der Waals surface area contributed by atoms with Gasteiger partial charge in [0.25, 0.3) is 0 Å². The summed E-state index contributed by atoms with van der Waals surface area (Å²) >= 11 is 6.59. The Morgan fingerprint density at radius 3 is 1.91 bits per heavy atom. The molecule has 2 aromatic carbocycles. The highest BCUT2D eigenvalue weighted by atomic mass is 35.5. The van der Waals surface area contributed by atoms with Crippen LogP contribution in [0.4, 0.5) is 0 Å². The van der Waals surface area contributed by atoms with Crippen LogP contribution in [0.15, 0.2) is 60.7 Å². The van der Waals surface area contributed by atoms with E-state index in [0.29, 0.717) is 5.56 Å². The van der Waals surface area contributed by atoms with Crippen molar-refractivity contribution in [1.29, 1.82) is 0 Å². The number of nitrogens with zero attached hydrogens (tertiary/aromatic N) is 1. The zero-order valence-electron chi connectivity index (χ0n) is 20.8. The molecule has 3 rings (SSSR count). The van der Waals surface area contributed by atoms with Crippen molar-refractivity contribution in [3.05, 3.63) is 88.1 Å². The van der Waals surface area contributed by atoms with Crippen molar-refractivity contribution >= 4 is 25.9 Å². The first-order valence-electron chi connectivity index (χ1n) is 11.4. The van der Waals surface area contributed by atoms with Crippen molar-refractivity contribution in [3.8, 4) is 11.6 Å². The maximum atomic E-state index is 12.4. The molecule has 0 fully saturated rings. The van der Waals surface area contributed by atoms with Gasteiger partial charge in [0, 0.05) is 0 Å². The number of hydrogen-bond acceptors (Lipinski definition) is 5. The van der Waals surface area contributed by atoms with Crippen LogP contribution in [0.25, 0.3) is 0 Å². The Bertz CT molecular complexity index is 1150. The van der Waals surface area contributed by atoms with Crippen LogP contribution in [-0.2, 0) is 24.2 Å². The molecule has 0 amide bonds. The number of carbonyl (C=O) groups is 1. The Hall–Kier alpha value is -2.87. The molecule has 186 valence electrons. The second kappa shape index (κ2) is 11.2. The largest absolute Gasteiger partial charge is 0.487 e. The van der Waals surface area contributed by atoms with E-state index in [1.807, 2.05) is 60.7 Å². The van der Waals surface area contributed by atoms with Crippen LogP contribution in [0.2, 0.25) is 23.3 Å². The number of benzene rings is 2. The number of carboxylic acids is 1. The topological polar surface area (TPSA) is 77.9 Å². The van der Waals surface area contributed by atoms with Crippen molar-refractivity contribution < 1.29 is 23.8 Å². The molecule has 6 nitrogen and oxygen atoms in total. The molecule has 0 saturated heterocycles. The van der Waals surface area contributed by atoms with Gasteiger partial charge in [-0.3, -0.25) is 0 Å². The molecular formula is C27H32ClNO5Si. The highest BCUT2D eigenvalue weighted by Crippen LogP contribution is 2.40. The van der Waals surface area contributed by atoms with Crippen molar-refractivity contribution in [2.75, 3.05) is 0 Å². The molecule has 8 heteroatoms. The minimum Gasteiger partial charge on any atom is -0.487 e. The monoisotopic (exact) mass is 513 g/mol. The van der Waals surface area contributed by atoms with Gasteiger partial charge in [0.05, 0.1) is 12.2 Å². The van der Waals surface area contributed by atoms with Crippen LogP contribution in [0, 0.1) is 0 Å². The predicted octanol–water partition coefficient (Wildman–Crippen LogP) is 7.11. The lowest BCUT2D eigenvalue weighted by molar-refractivity contribution is 0.0684. The summed E-state index contributed by atoms with van der Waals surface area (Å²) in [6, 6.07) is 18.9. The van der Waals surface area contributed by atoms with Gasteiger partial charge >= 0.3 is 5.97 Å². The zero-order chi connectivity index (χ0) is 25.6. The van der Waals surface area contributed by atoms with Crippen LogP contribution in [-0.4, -0.2) is 24.4 Å². The molecule has 0 aliphatic carbocycles. The number of hydrogen-bond donors (Lipinski definition) is 1. The maximum absolute atomic E-state index is 12.4.